The first-order valence-electron chi connectivity index (χ1n) is 7.31. The first kappa shape index (κ1) is 13.4. The summed E-state index contributed by atoms with van der Waals surface area (Å²) < 4.78 is 1.82. The Balaban J connectivity index is 1.40. The molecule has 112 valence electrons. The molecule has 1 saturated carbocycles. The molecule has 0 spiro atoms. The number of carbonyl (C=O) groups is 1. The average molecular weight is 313 g/mol. The predicted molar refractivity (Wildman–Crippen MR) is 82.6 cm³/mol. The van der Waals surface area contributed by atoms with Gasteiger partial charge in [-0.2, -0.15) is 9.61 Å². The molecule has 1 N–H and O–H groups in total. The van der Waals surface area contributed by atoms with Crippen LogP contribution >= 0.6 is 11.3 Å². The number of rotatable bonds is 5. The molecule has 0 bridgehead atoms. The van der Waals surface area contributed by atoms with Crippen molar-refractivity contribution in [2.45, 2.75) is 31.7 Å². The Morgan fingerprint density at radius 2 is 2.09 bits per heavy atom. The van der Waals surface area contributed by atoms with Gasteiger partial charge in [-0.3, -0.25) is 4.79 Å². The second kappa shape index (κ2) is 5.49. The molecule has 0 aliphatic heterocycles. The van der Waals surface area contributed by atoms with Crippen molar-refractivity contribution in [3.63, 3.8) is 0 Å². The summed E-state index contributed by atoms with van der Waals surface area (Å²) in [5.41, 5.74) is 1.01. The van der Waals surface area contributed by atoms with E-state index in [1.54, 1.807) is 0 Å². The highest BCUT2D eigenvalue weighted by Gasteiger charge is 2.30. The normalized spacial score (nSPS) is 14.4. The quantitative estimate of drug-likeness (QED) is 0.781. The van der Waals surface area contributed by atoms with Crippen LogP contribution in [0.3, 0.4) is 0 Å². The van der Waals surface area contributed by atoms with Gasteiger partial charge in [0.05, 0.1) is 13.0 Å². The number of fused-ring (bicyclic) bond motifs is 1. The summed E-state index contributed by atoms with van der Waals surface area (Å²) in [5.74, 6) is 1.46. The standard InChI is InChI=1S/C15H15N5OS/c21-12(8-10-4-2-1-3-5-10)16-9-13-19-20-14(11-6-7-11)17-18-15(20)22-13/h1-5,11H,6-9H2,(H,16,21). The van der Waals surface area contributed by atoms with Gasteiger partial charge in [-0.25, -0.2) is 0 Å². The molecular weight excluding hydrogens is 298 g/mol. The van der Waals surface area contributed by atoms with Crippen LogP contribution in [0.1, 0.15) is 35.2 Å². The van der Waals surface area contributed by atoms with Crippen LogP contribution < -0.4 is 5.32 Å². The molecule has 0 unspecified atom stereocenters. The first-order valence-corrected chi connectivity index (χ1v) is 8.13. The first-order chi connectivity index (χ1) is 10.8. The molecule has 1 aromatic carbocycles. The van der Waals surface area contributed by atoms with Crippen LogP contribution in [0.2, 0.25) is 0 Å². The van der Waals surface area contributed by atoms with Gasteiger partial charge in [0.15, 0.2) is 5.82 Å². The fourth-order valence-electron chi connectivity index (χ4n) is 2.36. The van der Waals surface area contributed by atoms with E-state index in [1.165, 1.54) is 24.2 Å². The van der Waals surface area contributed by atoms with E-state index in [0.29, 0.717) is 18.9 Å². The maximum Gasteiger partial charge on any atom is 0.234 e. The largest absolute Gasteiger partial charge is 0.349 e. The summed E-state index contributed by atoms with van der Waals surface area (Å²) in [7, 11) is 0. The van der Waals surface area contributed by atoms with Crippen molar-refractivity contribution in [3.05, 3.63) is 46.7 Å². The van der Waals surface area contributed by atoms with Crippen LogP contribution in [-0.4, -0.2) is 25.7 Å². The van der Waals surface area contributed by atoms with E-state index >= 15 is 0 Å². The van der Waals surface area contributed by atoms with E-state index in [0.717, 1.165) is 21.4 Å². The van der Waals surface area contributed by atoms with Gasteiger partial charge in [0, 0.05) is 5.92 Å². The van der Waals surface area contributed by atoms with Crippen molar-refractivity contribution in [1.82, 2.24) is 25.1 Å². The topological polar surface area (TPSA) is 72.2 Å². The highest BCUT2D eigenvalue weighted by atomic mass is 32.1. The molecule has 6 nitrogen and oxygen atoms in total. The second-order valence-electron chi connectivity index (χ2n) is 5.46. The van der Waals surface area contributed by atoms with Gasteiger partial charge in [0.1, 0.15) is 5.01 Å². The van der Waals surface area contributed by atoms with E-state index in [9.17, 15) is 4.79 Å². The summed E-state index contributed by atoms with van der Waals surface area (Å²) in [6.45, 7) is 0.434. The molecule has 0 saturated heterocycles. The number of benzene rings is 1. The van der Waals surface area contributed by atoms with E-state index < -0.39 is 0 Å². The van der Waals surface area contributed by atoms with Crippen molar-refractivity contribution in [2.75, 3.05) is 0 Å². The van der Waals surface area contributed by atoms with Gasteiger partial charge in [-0.15, -0.1) is 10.2 Å². The zero-order chi connectivity index (χ0) is 14.9. The van der Waals surface area contributed by atoms with Gasteiger partial charge in [0.2, 0.25) is 10.9 Å². The Bertz CT molecular complexity index is 806. The third-order valence-electron chi connectivity index (χ3n) is 3.64. The van der Waals surface area contributed by atoms with Crippen molar-refractivity contribution < 1.29 is 4.79 Å². The Kier molecular flexibility index (Phi) is 3.34. The SMILES string of the molecule is O=C(Cc1ccccc1)NCc1nn2c(C3CC3)nnc2s1. The Morgan fingerprint density at radius 1 is 1.27 bits per heavy atom. The molecule has 1 aliphatic rings. The molecule has 1 fully saturated rings. The minimum absolute atomic E-state index is 0.000387. The van der Waals surface area contributed by atoms with E-state index in [-0.39, 0.29) is 5.91 Å². The van der Waals surface area contributed by atoms with E-state index in [2.05, 4.69) is 20.6 Å². The predicted octanol–water partition coefficient (Wildman–Crippen LogP) is 1.92. The van der Waals surface area contributed by atoms with Crippen LogP contribution in [0.25, 0.3) is 4.96 Å². The summed E-state index contributed by atoms with van der Waals surface area (Å²) in [4.78, 5) is 12.8. The molecule has 22 heavy (non-hydrogen) atoms. The second-order valence-corrected chi connectivity index (χ2v) is 6.50. The van der Waals surface area contributed by atoms with Crippen LogP contribution in [0, 0.1) is 0 Å². The maximum absolute atomic E-state index is 12.0. The lowest BCUT2D eigenvalue weighted by Crippen LogP contribution is -2.24. The molecule has 1 aliphatic carbocycles. The van der Waals surface area contributed by atoms with Crippen LogP contribution in [0.15, 0.2) is 30.3 Å². The van der Waals surface area contributed by atoms with Crippen LogP contribution in [0.4, 0.5) is 0 Å². The third-order valence-corrected chi connectivity index (χ3v) is 4.54. The molecule has 7 heteroatoms. The third kappa shape index (κ3) is 2.71. The molecule has 0 atom stereocenters. The highest BCUT2D eigenvalue weighted by Crippen LogP contribution is 2.39. The molecule has 4 rings (SSSR count). The fraction of sp³-hybridized carbons (Fsp3) is 0.333. The minimum atomic E-state index is -0.000387. The van der Waals surface area contributed by atoms with Crippen molar-refractivity contribution in [2.24, 2.45) is 0 Å². The Labute approximate surface area is 131 Å². The summed E-state index contributed by atoms with van der Waals surface area (Å²) in [6.07, 6.45) is 2.72. The van der Waals surface area contributed by atoms with E-state index in [1.807, 2.05) is 34.8 Å². The van der Waals surface area contributed by atoms with E-state index in [4.69, 9.17) is 0 Å². The van der Waals surface area contributed by atoms with Crippen LogP contribution in [-0.2, 0) is 17.8 Å². The lowest BCUT2D eigenvalue weighted by atomic mass is 10.1. The van der Waals surface area contributed by atoms with Gasteiger partial charge in [-0.1, -0.05) is 41.7 Å². The van der Waals surface area contributed by atoms with Gasteiger partial charge >= 0.3 is 0 Å². The number of carbonyl (C=O) groups excluding carboxylic acids is 1. The maximum atomic E-state index is 12.0. The van der Waals surface area contributed by atoms with Gasteiger partial charge in [-0.05, 0) is 18.4 Å². The number of amides is 1. The molecule has 0 radical (unpaired) electrons. The molecule has 2 aromatic heterocycles. The number of nitrogens with one attached hydrogen (secondary N) is 1. The summed E-state index contributed by atoms with van der Waals surface area (Å²) >= 11 is 1.48. The zero-order valence-corrected chi connectivity index (χ0v) is 12.7. The van der Waals surface area contributed by atoms with Crippen LogP contribution in [0.5, 0.6) is 0 Å². The fourth-order valence-corrected chi connectivity index (χ4v) is 3.14. The number of hydrogen-bond donors (Lipinski definition) is 1. The molecule has 3 aromatic rings. The lowest BCUT2D eigenvalue weighted by molar-refractivity contribution is -0.120. The smallest absolute Gasteiger partial charge is 0.234 e. The number of hydrogen-bond acceptors (Lipinski definition) is 5. The highest BCUT2D eigenvalue weighted by molar-refractivity contribution is 7.16. The summed E-state index contributed by atoms with van der Waals surface area (Å²) in [6, 6.07) is 9.71. The summed E-state index contributed by atoms with van der Waals surface area (Å²) in [5, 5.41) is 16.6. The van der Waals surface area contributed by atoms with Gasteiger partial charge in [0.25, 0.3) is 0 Å². The number of aromatic nitrogens is 4. The Morgan fingerprint density at radius 3 is 2.86 bits per heavy atom. The molecule has 1 amide bonds. The average Bonchev–Trinajstić information content (AvgIpc) is 3.16. The van der Waals surface area contributed by atoms with Crippen molar-refractivity contribution in [1.29, 1.82) is 0 Å². The number of nitrogens with zero attached hydrogens (tertiary/aromatic N) is 4. The van der Waals surface area contributed by atoms with Gasteiger partial charge < -0.3 is 5.32 Å². The van der Waals surface area contributed by atoms with Crippen molar-refractivity contribution in [3.8, 4) is 0 Å². The van der Waals surface area contributed by atoms with Crippen molar-refractivity contribution >= 4 is 22.2 Å². The minimum Gasteiger partial charge on any atom is -0.349 e. The molecular formula is C15H15N5OS. The lowest BCUT2D eigenvalue weighted by Gasteiger charge is -2.02. The molecule has 2 heterocycles. The zero-order valence-electron chi connectivity index (χ0n) is 11.9. The Hall–Kier alpha value is -2.28. The monoisotopic (exact) mass is 313 g/mol.